The molecule has 3 nitrogen and oxygen atoms in total. The average Bonchev–Trinajstić information content (AvgIpc) is 3.18. The van der Waals surface area contributed by atoms with Crippen molar-refractivity contribution in [1.29, 1.82) is 0 Å². The quantitative estimate of drug-likeness (QED) is 0.783. The molecule has 0 radical (unpaired) electrons. The number of aromatic nitrogens is 2. The van der Waals surface area contributed by atoms with Crippen molar-refractivity contribution >= 4 is 0 Å². The van der Waals surface area contributed by atoms with Gasteiger partial charge >= 0.3 is 0 Å². The van der Waals surface area contributed by atoms with E-state index >= 15 is 0 Å². The highest BCUT2D eigenvalue weighted by atomic mass is 15.3. The Kier molecular flexibility index (Phi) is 4.90. The summed E-state index contributed by atoms with van der Waals surface area (Å²) < 4.78 is 2.12. The molecule has 114 valence electrons. The normalized spacial score (nSPS) is 20.1. The number of rotatable bonds is 8. The first-order valence-electron chi connectivity index (χ1n) is 8.22. The third kappa shape index (κ3) is 3.85. The number of hydrogen-bond acceptors (Lipinski definition) is 2. The zero-order valence-electron chi connectivity index (χ0n) is 13.8. The van der Waals surface area contributed by atoms with E-state index in [2.05, 4.69) is 56.9 Å². The largest absolute Gasteiger partial charge is 0.314 e. The summed E-state index contributed by atoms with van der Waals surface area (Å²) in [6.07, 6.45) is 7.16. The van der Waals surface area contributed by atoms with Crippen molar-refractivity contribution in [3.8, 4) is 0 Å². The van der Waals surface area contributed by atoms with Crippen LogP contribution in [0.5, 0.6) is 0 Å². The minimum absolute atomic E-state index is 0.360. The Bertz CT molecular complexity index is 420. The van der Waals surface area contributed by atoms with Crippen LogP contribution in [0, 0.1) is 11.3 Å². The Balaban J connectivity index is 2.02. The van der Waals surface area contributed by atoms with Crippen molar-refractivity contribution in [1.82, 2.24) is 15.1 Å². The van der Waals surface area contributed by atoms with Gasteiger partial charge in [-0.2, -0.15) is 5.10 Å². The van der Waals surface area contributed by atoms with Crippen LogP contribution in [-0.4, -0.2) is 22.4 Å². The molecule has 1 aliphatic carbocycles. The second-order valence-corrected chi connectivity index (χ2v) is 7.19. The number of hydrogen-bond donors (Lipinski definition) is 1. The van der Waals surface area contributed by atoms with Gasteiger partial charge in [-0.05, 0) is 50.0 Å². The van der Waals surface area contributed by atoms with Gasteiger partial charge in [-0.1, -0.05) is 27.7 Å². The van der Waals surface area contributed by atoms with Gasteiger partial charge in [0.2, 0.25) is 0 Å². The highest BCUT2D eigenvalue weighted by Gasteiger charge is 2.41. The molecule has 1 aromatic rings. The summed E-state index contributed by atoms with van der Waals surface area (Å²) in [4.78, 5) is 0. The Morgan fingerprint density at radius 3 is 2.65 bits per heavy atom. The molecular weight excluding hydrogens is 246 g/mol. The zero-order chi connectivity index (χ0) is 14.8. The topological polar surface area (TPSA) is 29.9 Å². The molecule has 1 aliphatic rings. The SMILES string of the molecule is CCC(C)n1ccc(CC(C)(CNC(C)C)C2CC2)n1. The van der Waals surface area contributed by atoms with Gasteiger partial charge in [-0.15, -0.1) is 0 Å². The van der Waals surface area contributed by atoms with Crippen LogP contribution in [0.25, 0.3) is 0 Å². The molecule has 1 saturated carbocycles. The minimum atomic E-state index is 0.360. The maximum atomic E-state index is 4.79. The predicted octanol–water partition coefficient (Wildman–Crippen LogP) is 3.81. The third-order valence-corrected chi connectivity index (χ3v) is 4.77. The van der Waals surface area contributed by atoms with Crippen molar-refractivity contribution in [3.05, 3.63) is 18.0 Å². The Morgan fingerprint density at radius 1 is 1.40 bits per heavy atom. The first kappa shape index (κ1) is 15.6. The second kappa shape index (κ2) is 6.30. The van der Waals surface area contributed by atoms with Gasteiger partial charge < -0.3 is 5.32 Å². The molecule has 3 heteroatoms. The molecule has 1 heterocycles. The summed E-state index contributed by atoms with van der Waals surface area (Å²) in [6, 6.07) is 3.28. The molecule has 2 unspecified atom stereocenters. The zero-order valence-corrected chi connectivity index (χ0v) is 13.8. The molecule has 1 fully saturated rings. The van der Waals surface area contributed by atoms with Crippen molar-refractivity contribution in [2.75, 3.05) is 6.54 Å². The summed E-state index contributed by atoms with van der Waals surface area (Å²) in [7, 11) is 0. The maximum Gasteiger partial charge on any atom is 0.0630 e. The van der Waals surface area contributed by atoms with Crippen LogP contribution in [0.1, 0.15) is 65.6 Å². The molecule has 1 N–H and O–H groups in total. The molecule has 0 aromatic carbocycles. The molecule has 0 aliphatic heterocycles. The van der Waals surface area contributed by atoms with Crippen molar-refractivity contribution in [2.24, 2.45) is 11.3 Å². The van der Waals surface area contributed by atoms with Crippen LogP contribution < -0.4 is 5.32 Å². The fourth-order valence-corrected chi connectivity index (χ4v) is 2.89. The van der Waals surface area contributed by atoms with E-state index in [0.717, 1.165) is 25.3 Å². The summed E-state index contributed by atoms with van der Waals surface area (Å²) in [5.41, 5.74) is 1.61. The van der Waals surface area contributed by atoms with Crippen molar-refractivity contribution < 1.29 is 0 Å². The highest BCUT2D eigenvalue weighted by Crippen LogP contribution is 2.47. The lowest BCUT2D eigenvalue weighted by Gasteiger charge is -2.30. The van der Waals surface area contributed by atoms with E-state index in [1.807, 2.05) is 0 Å². The van der Waals surface area contributed by atoms with Crippen molar-refractivity contribution in [2.45, 2.75) is 72.4 Å². The van der Waals surface area contributed by atoms with E-state index < -0.39 is 0 Å². The van der Waals surface area contributed by atoms with Gasteiger partial charge in [-0.25, -0.2) is 0 Å². The maximum absolute atomic E-state index is 4.79. The molecule has 2 rings (SSSR count). The Labute approximate surface area is 124 Å². The van der Waals surface area contributed by atoms with Crippen LogP contribution in [0.3, 0.4) is 0 Å². The Morgan fingerprint density at radius 2 is 2.10 bits per heavy atom. The van der Waals surface area contributed by atoms with Crippen LogP contribution in [0.2, 0.25) is 0 Å². The molecule has 0 saturated heterocycles. The van der Waals surface area contributed by atoms with E-state index in [0.29, 0.717) is 17.5 Å². The summed E-state index contributed by atoms with van der Waals surface area (Å²) in [6.45, 7) is 12.4. The Hall–Kier alpha value is -0.830. The van der Waals surface area contributed by atoms with Gasteiger partial charge in [0.15, 0.2) is 0 Å². The van der Waals surface area contributed by atoms with Gasteiger partial charge in [0.05, 0.1) is 5.69 Å². The van der Waals surface area contributed by atoms with Crippen LogP contribution in [-0.2, 0) is 6.42 Å². The van der Waals surface area contributed by atoms with Crippen molar-refractivity contribution in [3.63, 3.8) is 0 Å². The van der Waals surface area contributed by atoms with Gasteiger partial charge in [0.1, 0.15) is 0 Å². The summed E-state index contributed by atoms with van der Waals surface area (Å²) in [5.74, 6) is 0.877. The summed E-state index contributed by atoms with van der Waals surface area (Å²) >= 11 is 0. The van der Waals surface area contributed by atoms with Gasteiger partial charge in [0.25, 0.3) is 0 Å². The predicted molar refractivity (Wildman–Crippen MR) is 84.9 cm³/mol. The van der Waals surface area contributed by atoms with Gasteiger partial charge in [0, 0.05) is 24.8 Å². The van der Waals surface area contributed by atoms with Crippen LogP contribution >= 0.6 is 0 Å². The van der Waals surface area contributed by atoms with E-state index in [1.54, 1.807) is 0 Å². The minimum Gasteiger partial charge on any atom is -0.314 e. The molecule has 0 bridgehead atoms. The van der Waals surface area contributed by atoms with E-state index in [-0.39, 0.29) is 0 Å². The molecular formula is C17H31N3. The molecule has 0 spiro atoms. The molecule has 2 atom stereocenters. The monoisotopic (exact) mass is 277 g/mol. The highest BCUT2D eigenvalue weighted by molar-refractivity contribution is 5.07. The molecule has 1 aromatic heterocycles. The smallest absolute Gasteiger partial charge is 0.0630 e. The summed E-state index contributed by atoms with van der Waals surface area (Å²) in [5, 5.41) is 8.43. The lowest BCUT2D eigenvalue weighted by molar-refractivity contribution is 0.245. The third-order valence-electron chi connectivity index (χ3n) is 4.77. The second-order valence-electron chi connectivity index (χ2n) is 7.19. The fraction of sp³-hybridized carbons (Fsp3) is 0.824. The first-order chi connectivity index (χ1) is 9.44. The van der Waals surface area contributed by atoms with Gasteiger partial charge in [-0.3, -0.25) is 4.68 Å². The lowest BCUT2D eigenvalue weighted by Crippen LogP contribution is -2.38. The van der Waals surface area contributed by atoms with E-state index in [4.69, 9.17) is 5.10 Å². The van der Waals surface area contributed by atoms with Crippen LogP contribution in [0.4, 0.5) is 0 Å². The number of nitrogens with one attached hydrogen (secondary N) is 1. The lowest BCUT2D eigenvalue weighted by atomic mass is 9.80. The van der Waals surface area contributed by atoms with E-state index in [9.17, 15) is 0 Å². The molecule has 20 heavy (non-hydrogen) atoms. The average molecular weight is 277 g/mol. The number of nitrogens with zero attached hydrogens (tertiary/aromatic N) is 2. The fourth-order valence-electron chi connectivity index (χ4n) is 2.89. The van der Waals surface area contributed by atoms with Crippen LogP contribution in [0.15, 0.2) is 12.3 Å². The standard InChI is InChI=1S/C17H31N3/c1-6-14(4)20-10-9-16(19-20)11-17(5,15-7-8-15)12-18-13(2)3/h9-10,13-15,18H,6-8,11-12H2,1-5H3. The molecule has 0 amide bonds. The van der Waals surface area contributed by atoms with E-state index in [1.165, 1.54) is 18.5 Å². The first-order valence-corrected chi connectivity index (χ1v) is 8.22.